The van der Waals surface area contributed by atoms with E-state index in [4.69, 9.17) is 16.3 Å². The number of hydrogen-bond donors (Lipinski definition) is 1. The number of fused-ring (bicyclic) bond motifs is 1. The zero-order valence-corrected chi connectivity index (χ0v) is 17.2. The Balaban J connectivity index is 1.76. The predicted octanol–water partition coefficient (Wildman–Crippen LogP) is 2.92. The third-order valence-corrected chi connectivity index (χ3v) is 6.90. The molecule has 5 nitrogen and oxygen atoms in total. The second kappa shape index (κ2) is 7.44. The highest BCUT2D eigenvalue weighted by Crippen LogP contribution is 2.54. The van der Waals surface area contributed by atoms with Crippen molar-refractivity contribution in [2.75, 3.05) is 6.61 Å². The third kappa shape index (κ3) is 3.59. The van der Waals surface area contributed by atoms with Gasteiger partial charge in [0.1, 0.15) is 18.0 Å². The van der Waals surface area contributed by atoms with E-state index in [1.807, 2.05) is 13.8 Å². The van der Waals surface area contributed by atoms with E-state index in [2.05, 4.69) is 17.8 Å². The van der Waals surface area contributed by atoms with Crippen molar-refractivity contribution < 1.29 is 19.4 Å². The molecule has 0 saturated carbocycles. The first kappa shape index (κ1) is 20.2. The number of esters is 1. The van der Waals surface area contributed by atoms with E-state index in [1.54, 1.807) is 24.3 Å². The standard InChI is InChI=1S/C19H18ClNO4S2/c1-4-10-25-15(22)14-18(2,3)27-17-19(24,16(23)21(14)17)9-11-26-13-7-5-12(20)6-8-13/h4-8,14,17,24H,1,10H2,2-3H3/t14-,17+,19+/m0/s1. The molecule has 1 N–H and O–H groups in total. The summed E-state index contributed by atoms with van der Waals surface area (Å²) >= 11 is 8.39. The van der Waals surface area contributed by atoms with Crippen molar-refractivity contribution >= 4 is 47.0 Å². The van der Waals surface area contributed by atoms with Crippen molar-refractivity contribution in [1.82, 2.24) is 4.90 Å². The lowest BCUT2D eigenvalue weighted by Crippen LogP contribution is -2.73. The first-order valence-electron chi connectivity index (χ1n) is 8.16. The highest BCUT2D eigenvalue weighted by atomic mass is 35.5. The number of carbonyl (C=O) groups is 2. The molecule has 2 aliphatic heterocycles. The van der Waals surface area contributed by atoms with Crippen LogP contribution in [0, 0.1) is 11.2 Å². The molecule has 0 aromatic heterocycles. The number of halogens is 1. The average Bonchev–Trinajstić information content (AvgIpc) is 2.90. The molecule has 0 aliphatic carbocycles. The topological polar surface area (TPSA) is 66.8 Å². The summed E-state index contributed by atoms with van der Waals surface area (Å²) < 4.78 is 4.53. The molecule has 3 rings (SSSR count). The molecule has 2 saturated heterocycles. The number of thioether (sulfide) groups is 2. The lowest BCUT2D eigenvalue weighted by molar-refractivity contribution is -0.180. The van der Waals surface area contributed by atoms with E-state index in [-0.39, 0.29) is 6.61 Å². The average molecular weight is 424 g/mol. The molecule has 2 aliphatic rings. The normalized spacial score (nSPS) is 27.9. The predicted molar refractivity (Wildman–Crippen MR) is 107 cm³/mol. The van der Waals surface area contributed by atoms with Gasteiger partial charge in [-0.3, -0.25) is 4.79 Å². The first-order chi connectivity index (χ1) is 12.7. The van der Waals surface area contributed by atoms with E-state index in [1.165, 1.54) is 34.5 Å². The van der Waals surface area contributed by atoms with Crippen LogP contribution in [-0.4, -0.2) is 50.3 Å². The van der Waals surface area contributed by atoms with Crippen molar-refractivity contribution in [3.63, 3.8) is 0 Å². The molecule has 1 amide bonds. The van der Waals surface area contributed by atoms with Gasteiger partial charge in [0.05, 0.1) is 0 Å². The molecule has 1 aromatic carbocycles. The zero-order chi connectivity index (χ0) is 19.8. The summed E-state index contributed by atoms with van der Waals surface area (Å²) in [7, 11) is 0. The van der Waals surface area contributed by atoms with Crippen molar-refractivity contribution in [1.29, 1.82) is 0 Å². The minimum atomic E-state index is -1.81. The number of β-lactam (4-membered cyclic amide) rings is 1. The Hall–Kier alpha value is -1.59. The number of aliphatic hydroxyl groups is 1. The van der Waals surface area contributed by atoms with Crippen LogP contribution in [0.1, 0.15) is 13.8 Å². The van der Waals surface area contributed by atoms with E-state index >= 15 is 0 Å². The monoisotopic (exact) mass is 423 g/mol. The van der Waals surface area contributed by atoms with Crippen LogP contribution in [0.3, 0.4) is 0 Å². The fraction of sp³-hybridized carbons (Fsp3) is 0.368. The van der Waals surface area contributed by atoms with Gasteiger partial charge in [-0.25, -0.2) is 4.79 Å². The van der Waals surface area contributed by atoms with Gasteiger partial charge in [0, 0.05) is 14.7 Å². The van der Waals surface area contributed by atoms with Crippen LogP contribution in [0.5, 0.6) is 0 Å². The Kier molecular flexibility index (Phi) is 5.55. The fourth-order valence-corrected chi connectivity index (χ4v) is 5.32. The van der Waals surface area contributed by atoms with Gasteiger partial charge in [0.25, 0.3) is 5.91 Å². The van der Waals surface area contributed by atoms with Crippen LogP contribution in [0.25, 0.3) is 0 Å². The maximum absolute atomic E-state index is 12.6. The molecule has 142 valence electrons. The van der Waals surface area contributed by atoms with Gasteiger partial charge in [-0.15, -0.1) is 11.8 Å². The van der Waals surface area contributed by atoms with Crippen molar-refractivity contribution in [3.8, 4) is 11.2 Å². The number of hydrogen-bond acceptors (Lipinski definition) is 6. The fourth-order valence-electron chi connectivity index (χ4n) is 3.02. The van der Waals surface area contributed by atoms with Crippen molar-refractivity contribution in [3.05, 3.63) is 41.9 Å². The summed E-state index contributed by atoms with van der Waals surface area (Å²) in [4.78, 5) is 27.2. The van der Waals surface area contributed by atoms with Crippen molar-refractivity contribution in [2.45, 2.75) is 40.5 Å². The highest BCUT2D eigenvalue weighted by Gasteiger charge is 2.71. The second-order valence-corrected chi connectivity index (χ2v) is 9.71. The Morgan fingerprint density at radius 2 is 2.15 bits per heavy atom. The first-order valence-corrected chi connectivity index (χ1v) is 10.2. The number of rotatable bonds is 4. The SMILES string of the molecule is C=CCOC(=O)[C@@H]1N2C(=O)[C@](O)(C#CSc3ccc(Cl)cc3)[C@H]2SC1(C)C. The lowest BCUT2D eigenvalue weighted by Gasteiger charge is -2.46. The molecule has 1 aromatic rings. The van der Waals surface area contributed by atoms with Gasteiger partial charge < -0.3 is 14.7 Å². The van der Waals surface area contributed by atoms with Gasteiger partial charge in [-0.1, -0.05) is 24.3 Å². The van der Waals surface area contributed by atoms with E-state index in [0.717, 1.165) is 4.90 Å². The molecule has 0 spiro atoms. The largest absolute Gasteiger partial charge is 0.460 e. The molecule has 0 radical (unpaired) electrons. The van der Waals surface area contributed by atoms with Gasteiger partial charge in [0.2, 0.25) is 5.60 Å². The number of amides is 1. The summed E-state index contributed by atoms with van der Waals surface area (Å²) in [5, 5.41) is 13.6. The number of ether oxygens (including phenoxy) is 1. The summed E-state index contributed by atoms with van der Waals surface area (Å²) in [6.45, 7) is 7.28. The van der Waals surface area contributed by atoms with E-state index < -0.39 is 33.6 Å². The molecule has 27 heavy (non-hydrogen) atoms. The zero-order valence-electron chi connectivity index (χ0n) is 14.8. The van der Waals surface area contributed by atoms with E-state index in [0.29, 0.717) is 5.02 Å². The second-order valence-electron chi connectivity index (χ2n) is 6.66. The summed E-state index contributed by atoms with van der Waals surface area (Å²) in [6.07, 6.45) is 1.47. The van der Waals surface area contributed by atoms with Crippen LogP contribution in [0.4, 0.5) is 0 Å². The number of benzene rings is 1. The molecule has 0 bridgehead atoms. The lowest BCUT2D eigenvalue weighted by atomic mass is 9.88. The van der Waals surface area contributed by atoms with Crippen LogP contribution < -0.4 is 0 Å². The minimum Gasteiger partial charge on any atom is -0.460 e. The Labute approximate surface area is 171 Å². The summed E-state index contributed by atoms with van der Waals surface area (Å²) in [6, 6.07) is 6.32. The Morgan fingerprint density at radius 1 is 1.48 bits per heavy atom. The van der Waals surface area contributed by atoms with Gasteiger partial charge in [-0.05, 0) is 61.0 Å². The molecular formula is C19H18ClNO4S2. The number of nitrogens with zero attached hydrogens (tertiary/aromatic N) is 1. The molecule has 8 heteroatoms. The maximum Gasteiger partial charge on any atom is 0.330 e. The van der Waals surface area contributed by atoms with Crippen LogP contribution in [0.2, 0.25) is 5.02 Å². The molecule has 2 heterocycles. The van der Waals surface area contributed by atoms with Crippen LogP contribution in [0.15, 0.2) is 41.8 Å². The number of carbonyl (C=O) groups excluding carboxylic acids is 2. The van der Waals surface area contributed by atoms with Crippen molar-refractivity contribution in [2.24, 2.45) is 0 Å². The Morgan fingerprint density at radius 3 is 2.78 bits per heavy atom. The summed E-state index contributed by atoms with van der Waals surface area (Å²) in [5.41, 5.74) is -1.81. The molecule has 0 unspecified atom stereocenters. The van der Waals surface area contributed by atoms with Gasteiger partial charge >= 0.3 is 5.97 Å². The highest BCUT2D eigenvalue weighted by molar-refractivity contribution is 8.04. The molecule has 2 fully saturated rings. The minimum absolute atomic E-state index is 0.0740. The van der Waals surface area contributed by atoms with Gasteiger partial charge in [0.15, 0.2) is 0 Å². The third-order valence-electron chi connectivity index (χ3n) is 4.31. The maximum atomic E-state index is 12.6. The molecular weight excluding hydrogens is 406 g/mol. The van der Waals surface area contributed by atoms with Crippen LogP contribution in [-0.2, 0) is 14.3 Å². The smallest absolute Gasteiger partial charge is 0.330 e. The van der Waals surface area contributed by atoms with Crippen LogP contribution >= 0.6 is 35.1 Å². The van der Waals surface area contributed by atoms with E-state index in [9.17, 15) is 14.7 Å². The van der Waals surface area contributed by atoms with Gasteiger partial charge in [-0.2, -0.15) is 0 Å². The Bertz CT molecular complexity index is 846. The summed E-state index contributed by atoms with van der Waals surface area (Å²) in [5.74, 6) is 1.60. The quantitative estimate of drug-likeness (QED) is 0.264. The molecule has 3 atom stereocenters.